The fourth-order valence-corrected chi connectivity index (χ4v) is 2.93. The molecule has 0 N–H and O–H groups in total. The van der Waals surface area contributed by atoms with Crippen LogP contribution in [0, 0.1) is 11.8 Å². The monoisotopic (exact) mass is 190 g/mol. The molecule has 2 aliphatic rings. The summed E-state index contributed by atoms with van der Waals surface area (Å²) in [5.41, 5.74) is 3.49. The number of fused-ring (bicyclic) bond motifs is 2. The molecule has 0 aromatic carbocycles. The minimum absolute atomic E-state index is 0.821. The van der Waals surface area contributed by atoms with E-state index in [1.807, 2.05) is 0 Å². The van der Waals surface area contributed by atoms with Gasteiger partial charge in [0.05, 0.1) is 0 Å². The van der Waals surface area contributed by atoms with Gasteiger partial charge in [-0.3, -0.25) is 0 Å². The molecule has 14 heavy (non-hydrogen) atoms. The molecular formula is C14H22. The highest BCUT2D eigenvalue weighted by atomic mass is 14.4. The lowest BCUT2D eigenvalue weighted by molar-refractivity contribution is 0.631. The highest BCUT2D eigenvalue weighted by Gasteiger charge is 2.31. The summed E-state index contributed by atoms with van der Waals surface area (Å²) >= 11 is 0. The van der Waals surface area contributed by atoms with Crippen molar-refractivity contribution in [2.24, 2.45) is 11.8 Å². The molecule has 0 radical (unpaired) electrons. The number of rotatable bonds is 5. The van der Waals surface area contributed by atoms with E-state index >= 15 is 0 Å². The Morgan fingerprint density at radius 1 is 1.14 bits per heavy atom. The summed E-state index contributed by atoms with van der Waals surface area (Å²) in [7, 11) is 0. The van der Waals surface area contributed by atoms with Crippen LogP contribution < -0.4 is 0 Å². The van der Waals surface area contributed by atoms with Gasteiger partial charge in [-0.1, -0.05) is 49.5 Å². The maximum absolute atomic E-state index is 2.44. The van der Waals surface area contributed by atoms with Crippen molar-refractivity contribution in [3.05, 3.63) is 23.3 Å². The summed E-state index contributed by atoms with van der Waals surface area (Å²) in [5.74, 6) is 1.66. The van der Waals surface area contributed by atoms with Crippen molar-refractivity contribution in [1.82, 2.24) is 0 Å². The SMILES string of the molecule is CCCCCCC1=C(C)C2C=CC1C2. The molecule has 2 atom stereocenters. The summed E-state index contributed by atoms with van der Waals surface area (Å²) in [6.07, 6.45) is 13.2. The molecule has 0 fully saturated rings. The normalized spacial score (nSPS) is 29.3. The number of hydrogen-bond acceptors (Lipinski definition) is 0. The molecule has 0 saturated carbocycles. The highest BCUT2D eigenvalue weighted by molar-refractivity contribution is 5.36. The van der Waals surface area contributed by atoms with Crippen LogP contribution in [0.15, 0.2) is 23.3 Å². The number of hydrogen-bond donors (Lipinski definition) is 0. The van der Waals surface area contributed by atoms with Crippen molar-refractivity contribution in [2.45, 2.75) is 52.4 Å². The van der Waals surface area contributed by atoms with Crippen LogP contribution in [0.1, 0.15) is 52.4 Å². The fourth-order valence-electron chi connectivity index (χ4n) is 2.93. The number of allylic oxidation sites excluding steroid dienone is 4. The van der Waals surface area contributed by atoms with Crippen LogP contribution in [0.3, 0.4) is 0 Å². The van der Waals surface area contributed by atoms with Gasteiger partial charge in [-0.25, -0.2) is 0 Å². The van der Waals surface area contributed by atoms with E-state index in [4.69, 9.17) is 0 Å². The van der Waals surface area contributed by atoms with Crippen LogP contribution in [-0.4, -0.2) is 0 Å². The van der Waals surface area contributed by atoms with Gasteiger partial charge >= 0.3 is 0 Å². The summed E-state index contributed by atoms with van der Waals surface area (Å²) in [4.78, 5) is 0. The van der Waals surface area contributed by atoms with Crippen molar-refractivity contribution in [3.63, 3.8) is 0 Å². The van der Waals surface area contributed by atoms with E-state index in [0.29, 0.717) is 0 Å². The summed E-state index contributed by atoms with van der Waals surface area (Å²) in [5, 5.41) is 0. The Hall–Kier alpha value is -0.520. The van der Waals surface area contributed by atoms with Gasteiger partial charge in [-0.05, 0) is 38.0 Å². The molecule has 0 aromatic rings. The van der Waals surface area contributed by atoms with Gasteiger partial charge in [0, 0.05) is 0 Å². The lowest BCUT2D eigenvalue weighted by atomic mass is 9.93. The van der Waals surface area contributed by atoms with Gasteiger partial charge in [0.2, 0.25) is 0 Å². The molecule has 0 aliphatic heterocycles. The molecule has 2 rings (SSSR count). The molecule has 2 bridgehead atoms. The van der Waals surface area contributed by atoms with Crippen LogP contribution in [0.4, 0.5) is 0 Å². The van der Waals surface area contributed by atoms with Gasteiger partial charge in [-0.2, -0.15) is 0 Å². The lowest BCUT2D eigenvalue weighted by Gasteiger charge is -2.12. The van der Waals surface area contributed by atoms with E-state index in [0.717, 1.165) is 11.8 Å². The average Bonchev–Trinajstić information content (AvgIpc) is 2.75. The van der Waals surface area contributed by atoms with Crippen molar-refractivity contribution in [2.75, 3.05) is 0 Å². The first kappa shape index (κ1) is 10.0. The third-order valence-electron chi connectivity index (χ3n) is 3.89. The molecule has 0 amide bonds. The van der Waals surface area contributed by atoms with E-state index in [-0.39, 0.29) is 0 Å². The van der Waals surface area contributed by atoms with Crippen molar-refractivity contribution in [1.29, 1.82) is 0 Å². The first-order valence-electron chi connectivity index (χ1n) is 6.20. The molecule has 0 nitrogen and oxygen atoms in total. The molecule has 78 valence electrons. The van der Waals surface area contributed by atoms with Gasteiger partial charge in [-0.15, -0.1) is 0 Å². The highest BCUT2D eigenvalue weighted by Crippen LogP contribution is 2.45. The molecule has 0 saturated heterocycles. The molecule has 2 aliphatic carbocycles. The summed E-state index contributed by atoms with van der Waals surface area (Å²) in [6.45, 7) is 4.63. The lowest BCUT2D eigenvalue weighted by Crippen LogP contribution is -1.96. The Bertz CT molecular complexity index is 257. The minimum atomic E-state index is 0.821. The van der Waals surface area contributed by atoms with Crippen molar-refractivity contribution < 1.29 is 0 Å². The molecule has 2 unspecified atom stereocenters. The Morgan fingerprint density at radius 3 is 2.57 bits per heavy atom. The van der Waals surface area contributed by atoms with Gasteiger partial charge < -0.3 is 0 Å². The Labute approximate surface area is 88.1 Å². The molecule has 0 heteroatoms. The summed E-state index contributed by atoms with van der Waals surface area (Å²) in [6, 6.07) is 0. The van der Waals surface area contributed by atoms with Crippen LogP contribution in [-0.2, 0) is 0 Å². The second-order valence-corrected chi connectivity index (χ2v) is 4.85. The third-order valence-corrected chi connectivity index (χ3v) is 3.89. The predicted octanol–water partition coefficient (Wildman–Crippen LogP) is 4.48. The van der Waals surface area contributed by atoms with Crippen LogP contribution >= 0.6 is 0 Å². The third kappa shape index (κ3) is 1.80. The van der Waals surface area contributed by atoms with Crippen LogP contribution in [0.25, 0.3) is 0 Å². The Morgan fingerprint density at radius 2 is 1.93 bits per heavy atom. The maximum atomic E-state index is 2.44. The zero-order valence-corrected chi connectivity index (χ0v) is 9.55. The van der Waals surface area contributed by atoms with Crippen molar-refractivity contribution in [3.8, 4) is 0 Å². The zero-order valence-electron chi connectivity index (χ0n) is 9.55. The number of unbranched alkanes of at least 4 members (excludes halogenated alkanes) is 3. The molecule has 0 spiro atoms. The topological polar surface area (TPSA) is 0 Å². The predicted molar refractivity (Wildman–Crippen MR) is 62.2 cm³/mol. The molecular weight excluding hydrogens is 168 g/mol. The van der Waals surface area contributed by atoms with Gasteiger partial charge in [0.25, 0.3) is 0 Å². The van der Waals surface area contributed by atoms with E-state index in [1.165, 1.54) is 38.5 Å². The van der Waals surface area contributed by atoms with Crippen LogP contribution in [0.2, 0.25) is 0 Å². The second-order valence-electron chi connectivity index (χ2n) is 4.85. The first-order chi connectivity index (χ1) is 6.83. The van der Waals surface area contributed by atoms with E-state index in [1.54, 1.807) is 11.1 Å². The van der Waals surface area contributed by atoms with Gasteiger partial charge in [0.15, 0.2) is 0 Å². The van der Waals surface area contributed by atoms with E-state index in [9.17, 15) is 0 Å². The largest absolute Gasteiger partial charge is 0.0807 e. The van der Waals surface area contributed by atoms with Crippen LogP contribution in [0.5, 0.6) is 0 Å². The zero-order chi connectivity index (χ0) is 9.97. The van der Waals surface area contributed by atoms with E-state index in [2.05, 4.69) is 26.0 Å². The summed E-state index contributed by atoms with van der Waals surface area (Å²) < 4.78 is 0. The first-order valence-corrected chi connectivity index (χ1v) is 6.20. The molecule has 0 aromatic heterocycles. The maximum Gasteiger partial charge on any atom is -0.00116 e. The average molecular weight is 190 g/mol. The standard InChI is InChI=1S/C14H22/c1-3-4-5-6-7-14-11(2)12-8-9-13(14)10-12/h8-9,12-13H,3-7,10H2,1-2H3. The smallest absolute Gasteiger partial charge is 0.00116 e. The quantitative estimate of drug-likeness (QED) is 0.443. The van der Waals surface area contributed by atoms with Crippen molar-refractivity contribution >= 4 is 0 Å². The molecule has 0 heterocycles. The second kappa shape index (κ2) is 4.33. The minimum Gasteiger partial charge on any atom is -0.0807 e. The Kier molecular flexibility index (Phi) is 3.10. The van der Waals surface area contributed by atoms with E-state index < -0.39 is 0 Å². The van der Waals surface area contributed by atoms with Gasteiger partial charge in [0.1, 0.15) is 0 Å². The Balaban J connectivity index is 1.81. The fraction of sp³-hybridized carbons (Fsp3) is 0.714.